The lowest BCUT2D eigenvalue weighted by Gasteiger charge is -2.34. The minimum absolute atomic E-state index is 0.100. The first-order valence-electron chi connectivity index (χ1n) is 7.46. The lowest BCUT2D eigenvalue weighted by atomic mass is 9.80. The summed E-state index contributed by atoms with van der Waals surface area (Å²) in [7, 11) is 2.16. The van der Waals surface area contributed by atoms with Crippen LogP contribution in [0.3, 0.4) is 0 Å². The van der Waals surface area contributed by atoms with Crippen LogP contribution in [0.4, 0.5) is 0 Å². The monoisotopic (exact) mass is 261 g/mol. The van der Waals surface area contributed by atoms with Crippen LogP contribution >= 0.6 is 0 Å². The van der Waals surface area contributed by atoms with Crippen molar-refractivity contribution in [2.45, 2.75) is 45.8 Å². The van der Waals surface area contributed by atoms with Gasteiger partial charge >= 0.3 is 0 Å². The molecule has 0 heterocycles. The van der Waals surface area contributed by atoms with Crippen LogP contribution in [-0.2, 0) is 6.54 Å². The van der Waals surface area contributed by atoms with Crippen LogP contribution in [0.2, 0.25) is 0 Å². The highest BCUT2D eigenvalue weighted by molar-refractivity contribution is 5.21. The van der Waals surface area contributed by atoms with Gasteiger partial charge in [-0.15, -0.1) is 0 Å². The molecule has 1 saturated carbocycles. The minimum atomic E-state index is -0.100. The third-order valence-corrected chi connectivity index (χ3v) is 4.32. The van der Waals surface area contributed by atoms with Gasteiger partial charge in [0.2, 0.25) is 0 Å². The SMILES string of the molecule is Cc1ccc(CN(C)CC2CC(C)CCC2O)cc1. The minimum Gasteiger partial charge on any atom is -0.393 e. The fraction of sp³-hybridized carbons (Fsp3) is 0.647. The van der Waals surface area contributed by atoms with Gasteiger partial charge in [0.1, 0.15) is 0 Å². The quantitative estimate of drug-likeness (QED) is 0.899. The van der Waals surface area contributed by atoms with Crippen molar-refractivity contribution in [2.75, 3.05) is 13.6 Å². The molecule has 0 radical (unpaired) electrons. The average Bonchev–Trinajstić information content (AvgIpc) is 2.37. The summed E-state index contributed by atoms with van der Waals surface area (Å²) in [4.78, 5) is 2.34. The van der Waals surface area contributed by atoms with E-state index in [1.54, 1.807) is 0 Å². The Balaban J connectivity index is 1.86. The summed E-state index contributed by atoms with van der Waals surface area (Å²) in [5, 5.41) is 10.1. The van der Waals surface area contributed by atoms with Gasteiger partial charge in [0, 0.05) is 13.1 Å². The Morgan fingerprint density at radius 2 is 1.89 bits per heavy atom. The highest BCUT2D eigenvalue weighted by atomic mass is 16.3. The van der Waals surface area contributed by atoms with Crippen molar-refractivity contribution in [3.8, 4) is 0 Å². The van der Waals surface area contributed by atoms with Crippen molar-refractivity contribution in [2.24, 2.45) is 11.8 Å². The molecule has 19 heavy (non-hydrogen) atoms. The Labute approximate surface area is 117 Å². The molecule has 1 N–H and O–H groups in total. The predicted molar refractivity (Wildman–Crippen MR) is 80.0 cm³/mol. The van der Waals surface area contributed by atoms with E-state index in [1.807, 2.05) is 0 Å². The van der Waals surface area contributed by atoms with Crippen molar-refractivity contribution < 1.29 is 5.11 Å². The zero-order valence-corrected chi connectivity index (χ0v) is 12.5. The topological polar surface area (TPSA) is 23.5 Å². The fourth-order valence-corrected chi connectivity index (χ4v) is 3.15. The molecule has 0 saturated heterocycles. The summed E-state index contributed by atoms with van der Waals surface area (Å²) in [6.45, 7) is 6.39. The number of hydrogen-bond acceptors (Lipinski definition) is 2. The van der Waals surface area contributed by atoms with Crippen LogP contribution in [0.25, 0.3) is 0 Å². The van der Waals surface area contributed by atoms with E-state index in [-0.39, 0.29) is 6.10 Å². The highest BCUT2D eigenvalue weighted by Crippen LogP contribution is 2.29. The fourth-order valence-electron chi connectivity index (χ4n) is 3.15. The first-order chi connectivity index (χ1) is 9.04. The van der Waals surface area contributed by atoms with Gasteiger partial charge in [-0.2, -0.15) is 0 Å². The maximum Gasteiger partial charge on any atom is 0.0580 e. The average molecular weight is 261 g/mol. The van der Waals surface area contributed by atoms with Crippen LogP contribution in [0.5, 0.6) is 0 Å². The Hall–Kier alpha value is -0.860. The second-order valence-corrected chi connectivity index (χ2v) is 6.43. The highest BCUT2D eigenvalue weighted by Gasteiger charge is 2.27. The molecule has 1 aromatic carbocycles. The number of aliphatic hydroxyl groups is 1. The summed E-state index contributed by atoms with van der Waals surface area (Å²) in [6.07, 6.45) is 3.22. The summed E-state index contributed by atoms with van der Waals surface area (Å²) in [5.41, 5.74) is 2.66. The Bertz CT molecular complexity index is 387. The van der Waals surface area contributed by atoms with Crippen LogP contribution in [0, 0.1) is 18.8 Å². The number of hydrogen-bond donors (Lipinski definition) is 1. The molecule has 0 aliphatic heterocycles. The molecule has 1 aliphatic rings. The normalized spacial score (nSPS) is 27.7. The van der Waals surface area contributed by atoms with E-state index in [4.69, 9.17) is 0 Å². The van der Waals surface area contributed by atoms with Gasteiger partial charge in [0.05, 0.1) is 6.10 Å². The van der Waals surface area contributed by atoms with E-state index in [0.29, 0.717) is 5.92 Å². The van der Waals surface area contributed by atoms with Crippen molar-refractivity contribution in [1.29, 1.82) is 0 Å². The predicted octanol–water partition coefficient (Wildman–Crippen LogP) is 3.22. The van der Waals surface area contributed by atoms with Crippen molar-refractivity contribution >= 4 is 0 Å². The number of aryl methyl sites for hydroxylation is 1. The Kier molecular flexibility index (Phi) is 5.00. The largest absolute Gasteiger partial charge is 0.393 e. The van der Waals surface area contributed by atoms with Gasteiger partial charge in [-0.05, 0) is 50.6 Å². The summed E-state index contributed by atoms with van der Waals surface area (Å²) in [6, 6.07) is 8.74. The molecule has 1 aromatic rings. The van der Waals surface area contributed by atoms with E-state index in [9.17, 15) is 5.11 Å². The molecular weight excluding hydrogens is 234 g/mol. The summed E-state index contributed by atoms with van der Waals surface area (Å²) >= 11 is 0. The zero-order chi connectivity index (χ0) is 13.8. The van der Waals surface area contributed by atoms with Crippen molar-refractivity contribution in [1.82, 2.24) is 4.90 Å². The van der Waals surface area contributed by atoms with Crippen LogP contribution in [-0.4, -0.2) is 29.7 Å². The van der Waals surface area contributed by atoms with Gasteiger partial charge in [0.15, 0.2) is 0 Å². The van der Waals surface area contributed by atoms with Gasteiger partial charge in [-0.1, -0.05) is 36.8 Å². The van der Waals surface area contributed by atoms with Crippen LogP contribution < -0.4 is 0 Å². The van der Waals surface area contributed by atoms with Crippen LogP contribution in [0.1, 0.15) is 37.3 Å². The molecule has 1 aliphatic carbocycles. The first kappa shape index (κ1) is 14.5. The van der Waals surface area contributed by atoms with E-state index in [1.165, 1.54) is 24.0 Å². The van der Waals surface area contributed by atoms with Gasteiger partial charge in [0.25, 0.3) is 0 Å². The molecule has 1 fully saturated rings. The number of benzene rings is 1. The van der Waals surface area contributed by atoms with Gasteiger partial charge < -0.3 is 10.0 Å². The standard InChI is InChI=1S/C17H27NO/c1-13-4-7-15(8-5-13)11-18(3)12-16-10-14(2)6-9-17(16)19/h4-5,7-8,14,16-17,19H,6,9-12H2,1-3H3. The lowest BCUT2D eigenvalue weighted by molar-refractivity contribution is 0.0338. The summed E-state index contributed by atoms with van der Waals surface area (Å²) < 4.78 is 0. The zero-order valence-electron chi connectivity index (χ0n) is 12.5. The van der Waals surface area contributed by atoms with Gasteiger partial charge in [-0.25, -0.2) is 0 Å². The van der Waals surface area contributed by atoms with Crippen molar-refractivity contribution in [3.05, 3.63) is 35.4 Å². The second-order valence-electron chi connectivity index (χ2n) is 6.43. The Morgan fingerprint density at radius 3 is 2.58 bits per heavy atom. The summed E-state index contributed by atoms with van der Waals surface area (Å²) in [5.74, 6) is 1.21. The Morgan fingerprint density at radius 1 is 1.21 bits per heavy atom. The van der Waals surface area contributed by atoms with E-state index in [2.05, 4.69) is 50.1 Å². The molecule has 0 aromatic heterocycles. The molecule has 0 bridgehead atoms. The van der Waals surface area contributed by atoms with E-state index >= 15 is 0 Å². The third-order valence-electron chi connectivity index (χ3n) is 4.32. The third kappa shape index (κ3) is 4.32. The van der Waals surface area contributed by atoms with E-state index < -0.39 is 0 Å². The van der Waals surface area contributed by atoms with E-state index in [0.717, 1.165) is 25.4 Å². The first-order valence-corrected chi connectivity index (χ1v) is 7.46. The lowest BCUT2D eigenvalue weighted by Crippen LogP contribution is -2.36. The molecule has 0 amide bonds. The maximum absolute atomic E-state index is 10.1. The molecule has 3 atom stereocenters. The van der Waals surface area contributed by atoms with Crippen molar-refractivity contribution in [3.63, 3.8) is 0 Å². The smallest absolute Gasteiger partial charge is 0.0580 e. The molecule has 106 valence electrons. The molecule has 2 rings (SSSR count). The molecule has 2 heteroatoms. The van der Waals surface area contributed by atoms with Crippen LogP contribution in [0.15, 0.2) is 24.3 Å². The molecular formula is C17H27NO. The number of nitrogens with zero attached hydrogens (tertiary/aromatic N) is 1. The number of aliphatic hydroxyl groups excluding tert-OH is 1. The second kappa shape index (κ2) is 6.53. The molecule has 2 nitrogen and oxygen atoms in total. The molecule has 0 spiro atoms. The molecule has 3 unspecified atom stereocenters. The van der Waals surface area contributed by atoms with Gasteiger partial charge in [-0.3, -0.25) is 0 Å². The maximum atomic E-state index is 10.1. The number of rotatable bonds is 4.